The summed E-state index contributed by atoms with van der Waals surface area (Å²) in [4.78, 5) is 2.13. The van der Waals surface area contributed by atoms with Crippen molar-refractivity contribution in [1.82, 2.24) is 4.90 Å². The van der Waals surface area contributed by atoms with E-state index in [0.717, 1.165) is 24.8 Å². The molecule has 0 aromatic rings. The zero-order chi connectivity index (χ0) is 10.1. The molecular formula is C8H16N2O2S. The van der Waals surface area contributed by atoms with Crippen LogP contribution in [0, 0.1) is 0 Å². The molecule has 2 N–H and O–H groups in total. The fourth-order valence-corrected chi connectivity index (χ4v) is 2.06. The van der Waals surface area contributed by atoms with Crippen molar-refractivity contribution in [2.24, 2.45) is 5.14 Å². The van der Waals surface area contributed by atoms with E-state index in [0.29, 0.717) is 0 Å². The normalized spacial score (nSPS) is 31.6. The maximum absolute atomic E-state index is 10.7. The van der Waals surface area contributed by atoms with E-state index < -0.39 is 10.0 Å². The third kappa shape index (κ3) is 2.79. The van der Waals surface area contributed by atoms with Crippen LogP contribution in [0.4, 0.5) is 0 Å². The van der Waals surface area contributed by atoms with Crippen LogP contribution in [-0.4, -0.2) is 32.4 Å². The first-order valence-electron chi connectivity index (χ1n) is 4.27. The van der Waals surface area contributed by atoms with Gasteiger partial charge >= 0.3 is 0 Å². The summed E-state index contributed by atoms with van der Waals surface area (Å²) < 4.78 is 21.4. The lowest BCUT2D eigenvalue weighted by molar-refractivity contribution is 0.252. The van der Waals surface area contributed by atoms with E-state index in [2.05, 4.69) is 4.90 Å². The number of likely N-dealkylation sites (tertiary alicyclic amines) is 1. The SMILES string of the molecule is CN1CCC[C@]1(C)/C=C/S(N)(=O)=O. The molecule has 5 heteroatoms. The molecule has 0 aliphatic carbocycles. The van der Waals surface area contributed by atoms with E-state index in [4.69, 9.17) is 5.14 Å². The van der Waals surface area contributed by atoms with Crippen LogP contribution in [0.15, 0.2) is 11.5 Å². The average molecular weight is 204 g/mol. The van der Waals surface area contributed by atoms with Crippen molar-refractivity contribution < 1.29 is 8.42 Å². The first-order valence-corrected chi connectivity index (χ1v) is 5.88. The van der Waals surface area contributed by atoms with Gasteiger partial charge in [0.15, 0.2) is 0 Å². The summed E-state index contributed by atoms with van der Waals surface area (Å²) in [5.74, 6) is 0. The number of primary sulfonamides is 1. The first kappa shape index (κ1) is 10.7. The summed E-state index contributed by atoms with van der Waals surface area (Å²) in [6.07, 6.45) is 3.76. The fraction of sp³-hybridized carbons (Fsp3) is 0.750. The minimum absolute atomic E-state index is 0.146. The van der Waals surface area contributed by atoms with Crippen LogP contribution in [0.3, 0.4) is 0 Å². The van der Waals surface area contributed by atoms with Crippen molar-refractivity contribution in [3.63, 3.8) is 0 Å². The van der Waals surface area contributed by atoms with Gasteiger partial charge in [-0.3, -0.25) is 4.90 Å². The van der Waals surface area contributed by atoms with Crippen molar-refractivity contribution in [3.05, 3.63) is 11.5 Å². The van der Waals surface area contributed by atoms with Crippen molar-refractivity contribution in [2.75, 3.05) is 13.6 Å². The number of hydrogen-bond donors (Lipinski definition) is 1. The molecule has 1 saturated heterocycles. The van der Waals surface area contributed by atoms with E-state index in [1.54, 1.807) is 6.08 Å². The van der Waals surface area contributed by atoms with E-state index in [9.17, 15) is 8.42 Å². The lowest BCUT2D eigenvalue weighted by atomic mass is 10.00. The molecule has 0 spiro atoms. The lowest BCUT2D eigenvalue weighted by Crippen LogP contribution is -2.36. The van der Waals surface area contributed by atoms with Crippen molar-refractivity contribution in [1.29, 1.82) is 0 Å². The van der Waals surface area contributed by atoms with Gasteiger partial charge in [0.1, 0.15) is 0 Å². The molecule has 1 aliphatic heterocycles. The van der Waals surface area contributed by atoms with Crippen molar-refractivity contribution in [2.45, 2.75) is 25.3 Å². The molecule has 0 saturated carbocycles. The topological polar surface area (TPSA) is 63.4 Å². The Morgan fingerprint density at radius 1 is 1.54 bits per heavy atom. The number of hydrogen-bond acceptors (Lipinski definition) is 3. The Morgan fingerprint density at radius 2 is 2.15 bits per heavy atom. The van der Waals surface area contributed by atoms with Gasteiger partial charge in [0.05, 0.1) is 0 Å². The molecule has 1 atom stereocenters. The number of nitrogens with two attached hydrogens (primary N) is 1. The molecule has 1 heterocycles. The Kier molecular flexibility index (Phi) is 2.79. The maximum Gasteiger partial charge on any atom is 0.230 e. The monoisotopic (exact) mass is 204 g/mol. The summed E-state index contributed by atoms with van der Waals surface area (Å²) in [6.45, 7) is 3.02. The molecule has 1 fully saturated rings. The minimum atomic E-state index is -3.48. The van der Waals surface area contributed by atoms with Gasteiger partial charge in [-0.25, -0.2) is 13.6 Å². The van der Waals surface area contributed by atoms with E-state index in [-0.39, 0.29) is 5.54 Å². The number of nitrogens with zero attached hydrogens (tertiary/aromatic N) is 1. The summed E-state index contributed by atoms with van der Waals surface area (Å²) >= 11 is 0. The van der Waals surface area contributed by atoms with Gasteiger partial charge in [-0.2, -0.15) is 0 Å². The standard InChI is InChI=1S/C8H16N2O2S/c1-8(4-3-6-10(8)2)5-7-13(9,11)12/h5,7H,3-4,6H2,1-2H3,(H2,9,11,12)/b7-5+/t8-/m1/s1. The highest BCUT2D eigenvalue weighted by atomic mass is 32.2. The summed E-state index contributed by atoms with van der Waals surface area (Å²) in [5.41, 5.74) is -0.146. The van der Waals surface area contributed by atoms with E-state index in [1.807, 2.05) is 14.0 Å². The fourth-order valence-electron chi connectivity index (χ4n) is 1.57. The van der Waals surface area contributed by atoms with Crippen LogP contribution < -0.4 is 5.14 Å². The summed E-state index contributed by atoms with van der Waals surface area (Å²) in [5, 5.41) is 5.98. The highest BCUT2D eigenvalue weighted by Crippen LogP contribution is 2.28. The van der Waals surface area contributed by atoms with Crippen LogP contribution in [0.5, 0.6) is 0 Å². The van der Waals surface area contributed by atoms with Gasteiger partial charge < -0.3 is 0 Å². The largest absolute Gasteiger partial charge is 0.297 e. The molecular weight excluding hydrogens is 188 g/mol. The zero-order valence-electron chi connectivity index (χ0n) is 8.03. The Balaban J connectivity index is 2.78. The average Bonchev–Trinajstić information content (AvgIpc) is 2.29. The molecule has 0 aromatic heterocycles. The van der Waals surface area contributed by atoms with Gasteiger partial charge in [-0.15, -0.1) is 0 Å². The van der Waals surface area contributed by atoms with Gasteiger partial charge in [0.25, 0.3) is 0 Å². The first-order chi connectivity index (χ1) is 5.83. The van der Waals surface area contributed by atoms with E-state index in [1.165, 1.54) is 0 Å². The maximum atomic E-state index is 10.7. The third-order valence-corrected chi connectivity index (χ3v) is 3.18. The smallest absolute Gasteiger partial charge is 0.230 e. The molecule has 0 unspecified atom stereocenters. The van der Waals surface area contributed by atoms with Crippen LogP contribution >= 0.6 is 0 Å². The summed E-state index contributed by atoms with van der Waals surface area (Å²) in [6, 6.07) is 0. The highest BCUT2D eigenvalue weighted by molar-refractivity contribution is 7.92. The van der Waals surface area contributed by atoms with Crippen molar-refractivity contribution in [3.8, 4) is 0 Å². The number of sulfonamides is 1. The van der Waals surface area contributed by atoms with Crippen LogP contribution in [-0.2, 0) is 10.0 Å². The van der Waals surface area contributed by atoms with E-state index >= 15 is 0 Å². The second-order valence-corrected chi connectivity index (χ2v) is 5.22. The number of likely N-dealkylation sites (N-methyl/N-ethyl adjacent to an activating group) is 1. The van der Waals surface area contributed by atoms with Crippen LogP contribution in [0.25, 0.3) is 0 Å². The predicted molar refractivity (Wildman–Crippen MR) is 52.5 cm³/mol. The molecule has 13 heavy (non-hydrogen) atoms. The Bertz CT molecular complexity index is 310. The van der Waals surface area contributed by atoms with Gasteiger partial charge in [-0.05, 0) is 33.4 Å². The second kappa shape index (κ2) is 3.40. The second-order valence-electron chi connectivity index (χ2n) is 3.77. The molecule has 0 radical (unpaired) electrons. The Labute approximate surface area is 79.5 Å². The van der Waals surface area contributed by atoms with Crippen LogP contribution in [0.2, 0.25) is 0 Å². The molecule has 1 aliphatic rings. The van der Waals surface area contributed by atoms with Crippen molar-refractivity contribution >= 4 is 10.0 Å². The van der Waals surface area contributed by atoms with Gasteiger partial charge in [-0.1, -0.05) is 6.08 Å². The molecule has 0 aromatic carbocycles. The third-order valence-electron chi connectivity index (χ3n) is 2.67. The zero-order valence-corrected chi connectivity index (χ0v) is 8.84. The highest BCUT2D eigenvalue weighted by Gasteiger charge is 2.31. The predicted octanol–water partition coefficient (Wildman–Crippen LogP) is 0.273. The minimum Gasteiger partial charge on any atom is -0.297 e. The van der Waals surface area contributed by atoms with Gasteiger partial charge in [0.2, 0.25) is 10.0 Å². The molecule has 0 bridgehead atoms. The van der Waals surface area contributed by atoms with Crippen LogP contribution in [0.1, 0.15) is 19.8 Å². The van der Waals surface area contributed by atoms with Gasteiger partial charge in [0, 0.05) is 10.9 Å². The Hall–Kier alpha value is -0.390. The molecule has 76 valence electrons. The lowest BCUT2D eigenvalue weighted by Gasteiger charge is -2.28. The summed E-state index contributed by atoms with van der Waals surface area (Å²) in [7, 11) is -1.49. The Morgan fingerprint density at radius 3 is 2.54 bits per heavy atom. The number of rotatable bonds is 2. The molecule has 4 nitrogen and oxygen atoms in total. The molecule has 0 amide bonds. The quantitative estimate of drug-likeness (QED) is 0.702. The molecule has 1 rings (SSSR count).